The molecule has 27 heavy (non-hydrogen) atoms. The van der Waals surface area contributed by atoms with Crippen molar-refractivity contribution in [2.75, 3.05) is 31.5 Å². The topological polar surface area (TPSA) is 57.3 Å². The van der Waals surface area contributed by atoms with Crippen LogP contribution >= 0.6 is 0 Å². The predicted octanol–water partition coefficient (Wildman–Crippen LogP) is 2.79. The van der Waals surface area contributed by atoms with Crippen molar-refractivity contribution in [1.82, 2.24) is 15.2 Å². The first-order chi connectivity index (χ1) is 13.3. The van der Waals surface area contributed by atoms with Crippen LogP contribution in [0.5, 0.6) is 0 Å². The molecule has 1 amide bonds. The number of hydrogen-bond donors (Lipinski definition) is 2. The van der Waals surface area contributed by atoms with Crippen molar-refractivity contribution in [3.05, 3.63) is 48.3 Å². The molecular weight excluding hydrogens is 336 g/mol. The minimum atomic E-state index is 0.0518. The van der Waals surface area contributed by atoms with Gasteiger partial charge in [0.05, 0.1) is 6.04 Å². The molecule has 0 bridgehead atoms. The Bertz CT molecular complexity index is 837. The highest BCUT2D eigenvalue weighted by atomic mass is 16.2. The standard InChI is InChI=1S/C22H26N4O/c27-21(19-2-1-9-24-19)26-12-7-22(8-13-26)15-25-20-14-17(3-4-18(20)22)16-5-10-23-11-6-16/h3-6,10-11,14,19,24-25H,1-2,7-9,12-13,15H2/t19-/m0/s1. The molecule has 1 aromatic heterocycles. The monoisotopic (exact) mass is 362 g/mol. The van der Waals surface area contributed by atoms with Gasteiger partial charge in [0, 0.05) is 43.1 Å². The van der Waals surface area contributed by atoms with E-state index in [-0.39, 0.29) is 11.5 Å². The van der Waals surface area contributed by atoms with Crippen LogP contribution in [0.4, 0.5) is 5.69 Å². The number of aromatic nitrogens is 1. The minimum Gasteiger partial charge on any atom is -0.384 e. The largest absolute Gasteiger partial charge is 0.384 e. The Balaban J connectivity index is 1.33. The summed E-state index contributed by atoms with van der Waals surface area (Å²) in [5.41, 5.74) is 5.26. The molecule has 4 heterocycles. The Hall–Kier alpha value is -2.40. The number of rotatable bonds is 2. The molecule has 5 rings (SSSR count). The van der Waals surface area contributed by atoms with Crippen LogP contribution < -0.4 is 10.6 Å². The number of benzene rings is 1. The average molecular weight is 362 g/mol. The molecule has 5 heteroatoms. The SMILES string of the molecule is O=C([C@@H]1CCCN1)N1CCC2(CC1)CNc1cc(-c3ccncc3)ccc12. The van der Waals surface area contributed by atoms with Gasteiger partial charge < -0.3 is 15.5 Å². The van der Waals surface area contributed by atoms with E-state index in [9.17, 15) is 4.79 Å². The van der Waals surface area contributed by atoms with Gasteiger partial charge in [-0.15, -0.1) is 0 Å². The van der Waals surface area contributed by atoms with Crippen LogP contribution in [0.3, 0.4) is 0 Å². The second-order valence-electron chi connectivity index (χ2n) is 8.10. The van der Waals surface area contributed by atoms with E-state index in [0.29, 0.717) is 5.91 Å². The van der Waals surface area contributed by atoms with Crippen molar-refractivity contribution >= 4 is 11.6 Å². The zero-order chi connectivity index (χ0) is 18.3. The maximum absolute atomic E-state index is 12.7. The quantitative estimate of drug-likeness (QED) is 0.863. The number of amides is 1. The molecule has 0 saturated carbocycles. The van der Waals surface area contributed by atoms with E-state index in [1.165, 1.54) is 22.4 Å². The molecule has 0 radical (unpaired) electrons. The van der Waals surface area contributed by atoms with E-state index in [4.69, 9.17) is 0 Å². The van der Waals surface area contributed by atoms with Gasteiger partial charge in [0.2, 0.25) is 5.91 Å². The summed E-state index contributed by atoms with van der Waals surface area (Å²) in [7, 11) is 0. The van der Waals surface area contributed by atoms with Gasteiger partial charge in [0.25, 0.3) is 0 Å². The van der Waals surface area contributed by atoms with Gasteiger partial charge in [0.15, 0.2) is 0 Å². The fourth-order valence-electron chi connectivity index (χ4n) is 4.95. The summed E-state index contributed by atoms with van der Waals surface area (Å²) in [6.45, 7) is 3.69. The van der Waals surface area contributed by atoms with Crippen LogP contribution in [0.25, 0.3) is 11.1 Å². The predicted molar refractivity (Wildman–Crippen MR) is 107 cm³/mol. The summed E-state index contributed by atoms with van der Waals surface area (Å²) >= 11 is 0. The molecule has 1 atom stereocenters. The summed E-state index contributed by atoms with van der Waals surface area (Å²) in [6.07, 6.45) is 7.86. The first-order valence-corrected chi connectivity index (χ1v) is 10.1. The zero-order valence-corrected chi connectivity index (χ0v) is 15.6. The second-order valence-corrected chi connectivity index (χ2v) is 8.10. The first-order valence-electron chi connectivity index (χ1n) is 10.1. The average Bonchev–Trinajstić information content (AvgIpc) is 3.38. The number of nitrogens with zero attached hydrogens (tertiary/aromatic N) is 2. The molecule has 0 unspecified atom stereocenters. The fourth-order valence-corrected chi connectivity index (χ4v) is 4.95. The van der Waals surface area contributed by atoms with Gasteiger partial charge in [-0.1, -0.05) is 12.1 Å². The lowest BCUT2D eigenvalue weighted by atomic mass is 9.74. The molecule has 140 valence electrons. The second kappa shape index (κ2) is 6.64. The van der Waals surface area contributed by atoms with Gasteiger partial charge in [-0.2, -0.15) is 0 Å². The molecule has 2 N–H and O–H groups in total. The maximum Gasteiger partial charge on any atom is 0.239 e. The number of nitrogens with one attached hydrogen (secondary N) is 2. The molecule has 2 saturated heterocycles. The van der Waals surface area contributed by atoms with Crippen LogP contribution in [-0.4, -0.2) is 48.0 Å². The van der Waals surface area contributed by atoms with Crippen molar-refractivity contribution in [2.24, 2.45) is 0 Å². The number of likely N-dealkylation sites (tertiary alicyclic amines) is 1. The first kappa shape index (κ1) is 16.8. The molecular formula is C22H26N4O. The van der Waals surface area contributed by atoms with Gasteiger partial charge >= 0.3 is 0 Å². The van der Waals surface area contributed by atoms with Crippen LogP contribution in [-0.2, 0) is 10.2 Å². The third kappa shape index (κ3) is 2.90. The number of fused-ring (bicyclic) bond motifs is 2. The summed E-state index contributed by atoms with van der Waals surface area (Å²) < 4.78 is 0. The van der Waals surface area contributed by atoms with E-state index in [0.717, 1.165) is 51.9 Å². The number of pyridine rings is 1. The van der Waals surface area contributed by atoms with Crippen molar-refractivity contribution in [2.45, 2.75) is 37.1 Å². The minimum absolute atomic E-state index is 0.0518. The van der Waals surface area contributed by atoms with E-state index in [1.807, 2.05) is 24.5 Å². The molecule has 5 nitrogen and oxygen atoms in total. The van der Waals surface area contributed by atoms with E-state index in [2.05, 4.69) is 38.7 Å². The molecule has 1 aromatic carbocycles. The van der Waals surface area contributed by atoms with Crippen molar-refractivity contribution in [3.63, 3.8) is 0 Å². The Morgan fingerprint density at radius 2 is 1.93 bits per heavy atom. The van der Waals surface area contributed by atoms with Gasteiger partial charge in [-0.05, 0) is 67.1 Å². The number of hydrogen-bond acceptors (Lipinski definition) is 4. The molecule has 3 aliphatic rings. The van der Waals surface area contributed by atoms with Gasteiger partial charge in [0.1, 0.15) is 0 Å². The Kier molecular flexibility index (Phi) is 4.12. The van der Waals surface area contributed by atoms with Crippen molar-refractivity contribution < 1.29 is 4.79 Å². The maximum atomic E-state index is 12.7. The lowest BCUT2D eigenvalue weighted by molar-refractivity contribution is -0.134. The number of anilines is 1. The number of carbonyl (C=O) groups is 1. The summed E-state index contributed by atoms with van der Waals surface area (Å²) in [4.78, 5) is 18.9. The number of carbonyl (C=O) groups excluding carboxylic acids is 1. The third-order valence-electron chi connectivity index (χ3n) is 6.61. The summed E-state index contributed by atoms with van der Waals surface area (Å²) in [5, 5.41) is 6.98. The zero-order valence-electron chi connectivity index (χ0n) is 15.6. The lowest BCUT2D eigenvalue weighted by Crippen LogP contribution is -2.50. The van der Waals surface area contributed by atoms with Crippen LogP contribution in [0.2, 0.25) is 0 Å². The molecule has 2 aromatic rings. The molecule has 0 aliphatic carbocycles. The van der Waals surface area contributed by atoms with Crippen LogP contribution in [0, 0.1) is 0 Å². The lowest BCUT2D eigenvalue weighted by Gasteiger charge is -2.40. The van der Waals surface area contributed by atoms with E-state index >= 15 is 0 Å². The Morgan fingerprint density at radius 1 is 1.11 bits per heavy atom. The van der Waals surface area contributed by atoms with Crippen LogP contribution in [0.15, 0.2) is 42.7 Å². The number of piperidine rings is 1. The smallest absolute Gasteiger partial charge is 0.239 e. The van der Waals surface area contributed by atoms with E-state index in [1.54, 1.807) is 0 Å². The molecule has 2 fully saturated rings. The summed E-state index contributed by atoms with van der Waals surface area (Å²) in [5.74, 6) is 0.307. The van der Waals surface area contributed by atoms with Gasteiger partial charge in [-0.3, -0.25) is 9.78 Å². The molecule has 3 aliphatic heterocycles. The van der Waals surface area contributed by atoms with Crippen molar-refractivity contribution in [3.8, 4) is 11.1 Å². The van der Waals surface area contributed by atoms with Gasteiger partial charge in [-0.25, -0.2) is 0 Å². The third-order valence-corrected chi connectivity index (χ3v) is 6.61. The Morgan fingerprint density at radius 3 is 2.67 bits per heavy atom. The fraction of sp³-hybridized carbons (Fsp3) is 0.455. The normalized spacial score (nSPS) is 23.3. The highest BCUT2D eigenvalue weighted by Gasteiger charge is 2.43. The summed E-state index contributed by atoms with van der Waals surface area (Å²) in [6, 6.07) is 10.9. The highest BCUT2D eigenvalue weighted by Crippen LogP contribution is 2.45. The Labute approximate surface area is 160 Å². The van der Waals surface area contributed by atoms with Crippen molar-refractivity contribution in [1.29, 1.82) is 0 Å². The molecule has 1 spiro atoms. The highest BCUT2D eigenvalue weighted by molar-refractivity contribution is 5.82. The van der Waals surface area contributed by atoms with E-state index < -0.39 is 0 Å². The van der Waals surface area contributed by atoms with Crippen LogP contribution in [0.1, 0.15) is 31.2 Å².